The van der Waals surface area contributed by atoms with Crippen LogP contribution in [0.4, 0.5) is 10.5 Å². The monoisotopic (exact) mass is 355 g/mol. The highest BCUT2D eigenvalue weighted by molar-refractivity contribution is 5.89. The number of nitrogens with one attached hydrogen (secondary N) is 1. The largest absolute Gasteiger partial charge is 0.481 e. The molecule has 0 radical (unpaired) electrons. The lowest BCUT2D eigenvalue weighted by Gasteiger charge is -2.34. The van der Waals surface area contributed by atoms with E-state index in [-0.39, 0.29) is 18.5 Å². The molecule has 136 valence electrons. The van der Waals surface area contributed by atoms with Crippen LogP contribution in [-0.2, 0) is 4.79 Å². The lowest BCUT2D eigenvalue weighted by Crippen LogP contribution is -2.47. The third-order valence-corrected chi connectivity index (χ3v) is 4.26. The van der Waals surface area contributed by atoms with Crippen molar-refractivity contribution in [2.45, 2.75) is 13.3 Å². The Kier molecular flexibility index (Phi) is 5.36. The van der Waals surface area contributed by atoms with E-state index in [1.54, 1.807) is 41.4 Å². The molecule has 1 fully saturated rings. The maximum Gasteiger partial charge on any atom is 0.321 e. The van der Waals surface area contributed by atoms with Crippen molar-refractivity contribution in [2.75, 3.05) is 18.4 Å². The normalized spacial score (nSPS) is 19.7. The number of anilines is 1. The zero-order valence-electron chi connectivity index (χ0n) is 14.5. The van der Waals surface area contributed by atoms with Gasteiger partial charge in [-0.25, -0.2) is 9.78 Å². The SMILES string of the molecule is CC1CC(C(=O)O)CN(C(=O)Nc2ccc(Oc3ccccn3)cc2)C1. The second-order valence-corrected chi connectivity index (χ2v) is 6.51. The van der Waals surface area contributed by atoms with Crippen LogP contribution in [0.3, 0.4) is 0 Å². The van der Waals surface area contributed by atoms with Crippen LogP contribution in [0.1, 0.15) is 13.3 Å². The van der Waals surface area contributed by atoms with E-state index in [1.165, 1.54) is 0 Å². The minimum atomic E-state index is -0.856. The number of hydrogen-bond donors (Lipinski definition) is 2. The number of carbonyl (C=O) groups excluding carboxylic acids is 1. The molecule has 3 rings (SSSR count). The summed E-state index contributed by atoms with van der Waals surface area (Å²) in [6, 6.07) is 12.1. The van der Waals surface area contributed by atoms with E-state index in [0.717, 1.165) is 0 Å². The van der Waals surface area contributed by atoms with Crippen molar-refractivity contribution in [2.24, 2.45) is 11.8 Å². The van der Waals surface area contributed by atoms with Gasteiger partial charge in [0.25, 0.3) is 0 Å². The molecule has 2 aromatic rings. The van der Waals surface area contributed by atoms with Gasteiger partial charge in [0, 0.05) is 31.0 Å². The number of aliphatic carboxylic acids is 1. The van der Waals surface area contributed by atoms with Gasteiger partial charge in [-0.15, -0.1) is 0 Å². The van der Waals surface area contributed by atoms with E-state index >= 15 is 0 Å². The Balaban J connectivity index is 1.59. The number of carbonyl (C=O) groups is 2. The van der Waals surface area contributed by atoms with Crippen LogP contribution >= 0.6 is 0 Å². The molecule has 2 atom stereocenters. The summed E-state index contributed by atoms with van der Waals surface area (Å²) >= 11 is 0. The first-order chi connectivity index (χ1) is 12.5. The van der Waals surface area contributed by atoms with Crippen molar-refractivity contribution in [1.29, 1.82) is 0 Å². The van der Waals surface area contributed by atoms with Crippen LogP contribution < -0.4 is 10.1 Å². The molecule has 26 heavy (non-hydrogen) atoms. The lowest BCUT2D eigenvalue weighted by atomic mass is 9.91. The zero-order valence-corrected chi connectivity index (χ0v) is 14.5. The maximum atomic E-state index is 12.4. The Morgan fingerprint density at radius 3 is 2.62 bits per heavy atom. The first-order valence-electron chi connectivity index (χ1n) is 8.49. The molecule has 1 aromatic heterocycles. The van der Waals surface area contributed by atoms with Gasteiger partial charge in [-0.1, -0.05) is 13.0 Å². The minimum Gasteiger partial charge on any atom is -0.481 e. The van der Waals surface area contributed by atoms with Crippen molar-refractivity contribution >= 4 is 17.7 Å². The van der Waals surface area contributed by atoms with Gasteiger partial charge in [0.05, 0.1) is 5.92 Å². The van der Waals surface area contributed by atoms with Gasteiger partial charge in [0.2, 0.25) is 5.88 Å². The van der Waals surface area contributed by atoms with Crippen LogP contribution in [0.15, 0.2) is 48.7 Å². The van der Waals surface area contributed by atoms with Crippen LogP contribution in [0.5, 0.6) is 11.6 Å². The number of carboxylic acids is 1. The molecule has 2 amide bonds. The summed E-state index contributed by atoms with van der Waals surface area (Å²) in [5.41, 5.74) is 0.619. The molecule has 0 aliphatic carbocycles. The van der Waals surface area contributed by atoms with E-state index in [9.17, 15) is 14.7 Å². The first-order valence-corrected chi connectivity index (χ1v) is 8.49. The number of piperidine rings is 1. The molecule has 0 saturated carbocycles. The molecule has 7 nitrogen and oxygen atoms in total. The van der Waals surface area contributed by atoms with Crippen LogP contribution in [0.2, 0.25) is 0 Å². The fourth-order valence-corrected chi connectivity index (χ4v) is 3.03. The number of amides is 2. The predicted molar refractivity (Wildman–Crippen MR) is 96.3 cm³/mol. The number of pyridine rings is 1. The number of urea groups is 1. The standard InChI is InChI=1S/C19H21N3O4/c1-13-10-14(18(23)24)12-22(11-13)19(25)21-15-5-7-16(8-6-15)26-17-4-2-3-9-20-17/h2-9,13-14H,10-12H2,1H3,(H,21,25)(H,23,24). The molecule has 1 aliphatic heterocycles. The zero-order chi connectivity index (χ0) is 18.5. The number of likely N-dealkylation sites (tertiary alicyclic amines) is 1. The summed E-state index contributed by atoms with van der Waals surface area (Å²) in [4.78, 5) is 29.3. The van der Waals surface area contributed by atoms with E-state index in [1.807, 2.05) is 19.1 Å². The van der Waals surface area contributed by atoms with Gasteiger partial charge < -0.3 is 20.1 Å². The number of carboxylic acid groups (broad SMARTS) is 1. The molecule has 1 aliphatic rings. The van der Waals surface area contributed by atoms with Crippen LogP contribution in [0, 0.1) is 11.8 Å². The number of rotatable bonds is 4. The van der Waals surface area contributed by atoms with E-state index < -0.39 is 11.9 Å². The Labute approximate surface area is 151 Å². The summed E-state index contributed by atoms with van der Waals surface area (Å²) in [6.45, 7) is 2.74. The van der Waals surface area contributed by atoms with Gasteiger partial charge in [0.1, 0.15) is 5.75 Å². The topological polar surface area (TPSA) is 91.8 Å². The average molecular weight is 355 g/mol. The fraction of sp³-hybridized carbons (Fsp3) is 0.316. The molecule has 0 spiro atoms. The van der Waals surface area contributed by atoms with Gasteiger partial charge in [-0.05, 0) is 42.7 Å². The molecule has 2 N–H and O–H groups in total. The molecular weight excluding hydrogens is 334 g/mol. The summed E-state index contributed by atoms with van der Waals surface area (Å²) in [5, 5.41) is 12.0. The van der Waals surface area contributed by atoms with Crippen molar-refractivity contribution in [1.82, 2.24) is 9.88 Å². The van der Waals surface area contributed by atoms with E-state index in [0.29, 0.717) is 30.3 Å². The quantitative estimate of drug-likeness (QED) is 0.876. The second-order valence-electron chi connectivity index (χ2n) is 6.51. The van der Waals surface area contributed by atoms with Crippen molar-refractivity contribution in [3.8, 4) is 11.6 Å². The van der Waals surface area contributed by atoms with Gasteiger partial charge in [-0.3, -0.25) is 4.79 Å². The van der Waals surface area contributed by atoms with Gasteiger partial charge in [0.15, 0.2) is 0 Å². The average Bonchev–Trinajstić information content (AvgIpc) is 2.63. The number of benzene rings is 1. The van der Waals surface area contributed by atoms with Crippen LogP contribution in [-0.4, -0.2) is 40.1 Å². The number of ether oxygens (including phenoxy) is 1. The van der Waals surface area contributed by atoms with E-state index in [2.05, 4.69) is 10.3 Å². The van der Waals surface area contributed by atoms with Gasteiger partial charge in [-0.2, -0.15) is 0 Å². The van der Waals surface area contributed by atoms with Crippen LogP contribution in [0.25, 0.3) is 0 Å². The minimum absolute atomic E-state index is 0.157. The highest BCUT2D eigenvalue weighted by Crippen LogP contribution is 2.24. The Morgan fingerprint density at radius 2 is 1.96 bits per heavy atom. The van der Waals surface area contributed by atoms with Crippen molar-refractivity contribution in [3.63, 3.8) is 0 Å². The Bertz CT molecular complexity index is 764. The van der Waals surface area contributed by atoms with Crippen molar-refractivity contribution in [3.05, 3.63) is 48.7 Å². The summed E-state index contributed by atoms with van der Waals surface area (Å²) in [6.07, 6.45) is 2.24. The number of aromatic nitrogens is 1. The Hall–Kier alpha value is -3.09. The summed E-state index contributed by atoms with van der Waals surface area (Å²) in [7, 11) is 0. The Morgan fingerprint density at radius 1 is 1.19 bits per heavy atom. The smallest absolute Gasteiger partial charge is 0.321 e. The highest BCUT2D eigenvalue weighted by atomic mass is 16.5. The van der Waals surface area contributed by atoms with E-state index in [4.69, 9.17) is 4.74 Å². The third kappa shape index (κ3) is 4.50. The summed E-state index contributed by atoms with van der Waals surface area (Å²) in [5.74, 6) is -0.112. The maximum absolute atomic E-state index is 12.4. The molecule has 2 unspecified atom stereocenters. The number of hydrogen-bond acceptors (Lipinski definition) is 4. The highest BCUT2D eigenvalue weighted by Gasteiger charge is 2.31. The fourth-order valence-electron chi connectivity index (χ4n) is 3.03. The third-order valence-electron chi connectivity index (χ3n) is 4.26. The second kappa shape index (κ2) is 7.86. The first kappa shape index (κ1) is 17.7. The molecule has 1 saturated heterocycles. The number of nitrogens with zero attached hydrogens (tertiary/aromatic N) is 2. The molecule has 1 aromatic carbocycles. The molecule has 0 bridgehead atoms. The molecular formula is C19H21N3O4. The predicted octanol–water partition coefficient (Wildman–Crippen LogP) is 3.45. The lowest BCUT2D eigenvalue weighted by molar-refractivity contribution is -0.143. The summed E-state index contributed by atoms with van der Waals surface area (Å²) < 4.78 is 5.61. The van der Waals surface area contributed by atoms with Crippen molar-refractivity contribution < 1.29 is 19.4 Å². The molecule has 7 heteroatoms. The van der Waals surface area contributed by atoms with Gasteiger partial charge >= 0.3 is 12.0 Å². The molecule has 2 heterocycles.